The van der Waals surface area contributed by atoms with Crippen molar-refractivity contribution >= 4 is 17.3 Å². The Bertz CT molecular complexity index is 769. The number of halogens is 1. The van der Waals surface area contributed by atoms with E-state index in [9.17, 15) is 9.18 Å². The van der Waals surface area contributed by atoms with Gasteiger partial charge in [-0.3, -0.25) is 9.69 Å². The molecule has 1 aliphatic rings. The first-order valence-corrected chi connectivity index (χ1v) is 9.23. The molecule has 0 unspecified atom stereocenters. The molecule has 1 N–H and O–H groups in total. The molecule has 0 bridgehead atoms. The van der Waals surface area contributed by atoms with Crippen LogP contribution in [0.1, 0.15) is 18.9 Å². The second-order valence-electron chi connectivity index (χ2n) is 6.65. The topological polar surface area (TPSA) is 47.9 Å². The van der Waals surface area contributed by atoms with Crippen molar-refractivity contribution in [2.75, 3.05) is 37.6 Å². The minimum absolute atomic E-state index is 0.109. The molecule has 27 heavy (non-hydrogen) atoms. The van der Waals surface area contributed by atoms with E-state index in [0.29, 0.717) is 12.1 Å². The number of anilines is 1. The zero-order valence-corrected chi connectivity index (χ0v) is 15.6. The Hall–Kier alpha value is -2.73. The standard InChI is InChI=1S/C21H25FN4O/c1-17(18-7-9-19(22)10-8-18)23-24-21(27)11-12-25-13-15-26(16-14-25)20-5-3-2-4-6-20/h2-10H,11-16H2,1H3,(H,24,27). The van der Waals surface area contributed by atoms with Crippen LogP contribution in [0.4, 0.5) is 10.1 Å². The Kier molecular flexibility index (Phi) is 6.54. The molecule has 2 aromatic rings. The highest BCUT2D eigenvalue weighted by atomic mass is 19.1. The molecule has 142 valence electrons. The van der Waals surface area contributed by atoms with Gasteiger partial charge in [-0.2, -0.15) is 5.10 Å². The minimum atomic E-state index is -0.289. The number of rotatable bonds is 6. The van der Waals surface area contributed by atoms with Crippen LogP contribution in [0.15, 0.2) is 59.7 Å². The fourth-order valence-electron chi connectivity index (χ4n) is 3.09. The number of piperazine rings is 1. The number of carbonyl (C=O) groups is 1. The van der Waals surface area contributed by atoms with Gasteiger partial charge in [-0.05, 0) is 36.8 Å². The fraction of sp³-hybridized carbons (Fsp3) is 0.333. The summed E-state index contributed by atoms with van der Waals surface area (Å²) in [6.45, 7) is 6.33. The van der Waals surface area contributed by atoms with Gasteiger partial charge < -0.3 is 4.90 Å². The van der Waals surface area contributed by atoms with Crippen LogP contribution in [0.3, 0.4) is 0 Å². The minimum Gasteiger partial charge on any atom is -0.369 e. The highest BCUT2D eigenvalue weighted by Gasteiger charge is 2.17. The van der Waals surface area contributed by atoms with Gasteiger partial charge in [0.05, 0.1) is 5.71 Å². The smallest absolute Gasteiger partial charge is 0.241 e. The molecule has 1 amide bonds. The van der Waals surface area contributed by atoms with Crippen molar-refractivity contribution in [1.29, 1.82) is 0 Å². The summed E-state index contributed by atoms with van der Waals surface area (Å²) in [6, 6.07) is 16.4. The lowest BCUT2D eigenvalue weighted by Gasteiger charge is -2.36. The zero-order chi connectivity index (χ0) is 19.1. The van der Waals surface area contributed by atoms with E-state index >= 15 is 0 Å². The third-order valence-electron chi connectivity index (χ3n) is 4.76. The summed E-state index contributed by atoms with van der Waals surface area (Å²) in [6.07, 6.45) is 0.408. The van der Waals surface area contributed by atoms with Crippen LogP contribution in [-0.2, 0) is 4.79 Å². The Balaban J connectivity index is 1.39. The van der Waals surface area contributed by atoms with Crippen molar-refractivity contribution in [3.63, 3.8) is 0 Å². The molecular formula is C21H25FN4O. The Morgan fingerprint density at radius 3 is 2.37 bits per heavy atom. The van der Waals surface area contributed by atoms with Crippen LogP contribution in [-0.4, -0.2) is 49.2 Å². The van der Waals surface area contributed by atoms with Crippen LogP contribution >= 0.6 is 0 Å². The molecule has 0 radical (unpaired) electrons. The van der Waals surface area contributed by atoms with Crippen molar-refractivity contribution in [2.24, 2.45) is 5.10 Å². The predicted octanol–water partition coefficient (Wildman–Crippen LogP) is 2.88. The molecule has 5 nitrogen and oxygen atoms in total. The van der Waals surface area contributed by atoms with E-state index in [0.717, 1.165) is 38.3 Å². The van der Waals surface area contributed by atoms with Gasteiger partial charge in [0.15, 0.2) is 0 Å². The van der Waals surface area contributed by atoms with E-state index in [-0.39, 0.29) is 11.7 Å². The van der Waals surface area contributed by atoms with E-state index < -0.39 is 0 Å². The molecule has 1 fully saturated rings. The number of nitrogens with zero attached hydrogens (tertiary/aromatic N) is 3. The molecule has 1 heterocycles. The summed E-state index contributed by atoms with van der Waals surface area (Å²) in [4.78, 5) is 16.7. The number of para-hydroxylation sites is 1. The van der Waals surface area contributed by atoms with E-state index in [1.807, 2.05) is 6.07 Å². The number of hydrazone groups is 1. The average Bonchev–Trinajstić information content (AvgIpc) is 2.72. The lowest BCUT2D eigenvalue weighted by molar-refractivity contribution is -0.121. The number of amides is 1. The number of hydrogen-bond donors (Lipinski definition) is 1. The highest BCUT2D eigenvalue weighted by molar-refractivity contribution is 5.99. The van der Waals surface area contributed by atoms with Crippen molar-refractivity contribution in [1.82, 2.24) is 10.3 Å². The van der Waals surface area contributed by atoms with Crippen LogP contribution in [0.2, 0.25) is 0 Å². The third-order valence-corrected chi connectivity index (χ3v) is 4.76. The summed E-state index contributed by atoms with van der Waals surface area (Å²) < 4.78 is 12.9. The lowest BCUT2D eigenvalue weighted by atomic mass is 10.1. The molecule has 3 rings (SSSR count). The van der Waals surface area contributed by atoms with Gasteiger partial charge in [0.25, 0.3) is 0 Å². The first-order valence-electron chi connectivity index (χ1n) is 9.23. The van der Waals surface area contributed by atoms with Crippen LogP contribution in [0.25, 0.3) is 0 Å². The highest BCUT2D eigenvalue weighted by Crippen LogP contribution is 2.15. The number of nitrogens with one attached hydrogen (secondary N) is 1. The summed E-state index contributed by atoms with van der Waals surface area (Å²) in [5.74, 6) is -0.398. The molecule has 1 aliphatic heterocycles. The molecule has 0 spiro atoms. The number of carbonyl (C=O) groups excluding carboxylic acids is 1. The number of benzene rings is 2. The largest absolute Gasteiger partial charge is 0.369 e. The summed E-state index contributed by atoms with van der Waals surface area (Å²) in [5.41, 5.74) is 5.28. The van der Waals surface area contributed by atoms with Gasteiger partial charge in [0.1, 0.15) is 5.82 Å². The maximum Gasteiger partial charge on any atom is 0.241 e. The molecule has 2 aromatic carbocycles. The molecule has 6 heteroatoms. The normalized spacial score (nSPS) is 15.6. The third kappa shape index (κ3) is 5.62. The van der Waals surface area contributed by atoms with E-state index in [2.05, 4.69) is 44.6 Å². The van der Waals surface area contributed by atoms with Gasteiger partial charge >= 0.3 is 0 Å². The average molecular weight is 368 g/mol. The molecule has 0 aromatic heterocycles. The summed E-state index contributed by atoms with van der Waals surface area (Å²) in [5, 5.41) is 4.11. The zero-order valence-electron chi connectivity index (χ0n) is 15.6. The summed E-state index contributed by atoms with van der Waals surface area (Å²) >= 11 is 0. The van der Waals surface area contributed by atoms with Crippen molar-refractivity contribution < 1.29 is 9.18 Å². The quantitative estimate of drug-likeness (QED) is 0.630. The van der Waals surface area contributed by atoms with Crippen molar-refractivity contribution in [3.8, 4) is 0 Å². The van der Waals surface area contributed by atoms with Gasteiger partial charge in [0.2, 0.25) is 5.91 Å². The van der Waals surface area contributed by atoms with E-state index in [1.54, 1.807) is 19.1 Å². The first kappa shape index (κ1) is 19.0. The SMILES string of the molecule is CC(=NNC(=O)CCN1CCN(c2ccccc2)CC1)c1ccc(F)cc1. The second-order valence-corrected chi connectivity index (χ2v) is 6.65. The Labute approximate surface area is 159 Å². The van der Waals surface area contributed by atoms with Crippen molar-refractivity contribution in [2.45, 2.75) is 13.3 Å². The van der Waals surface area contributed by atoms with E-state index in [1.165, 1.54) is 17.8 Å². The Morgan fingerprint density at radius 2 is 1.70 bits per heavy atom. The van der Waals surface area contributed by atoms with Crippen LogP contribution < -0.4 is 10.3 Å². The van der Waals surface area contributed by atoms with Crippen LogP contribution in [0.5, 0.6) is 0 Å². The second kappa shape index (κ2) is 9.28. The van der Waals surface area contributed by atoms with E-state index in [4.69, 9.17) is 0 Å². The predicted molar refractivity (Wildman–Crippen MR) is 106 cm³/mol. The lowest BCUT2D eigenvalue weighted by Crippen LogP contribution is -2.47. The summed E-state index contributed by atoms with van der Waals surface area (Å²) in [7, 11) is 0. The molecule has 0 atom stereocenters. The number of hydrogen-bond acceptors (Lipinski definition) is 4. The first-order chi connectivity index (χ1) is 13.1. The molecule has 0 aliphatic carbocycles. The van der Waals surface area contributed by atoms with Crippen molar-refractivity contribution in [3.05, 3.63) is 66.0 Å². The monoisotopic (exact) mass is 368 g/mol. The fourth-order valence-corrected chi connectivity index (χ4v) is 3.09. The van der Waals surface area contributed by atoms with Crippen LogP contribution in [0, 0.1) is 5.82 Å². The molecular weight excluding hydrogens is 343 g/mol. The molecule has 1 saturated heterocycles. The van der Waals surface area contributed by atoms with Gasteiger partial charge in [-0.1, -0.05) is 30.3 Å². The van der Waals surface area contributed by atoms with Gasteiger partial charge in [-0.15, -0.1) is 0 Å². The Morgan fingerprint density at radius 1 is 1.04 bits per heavy atom. The van der Waals surface area contributed by atoms with Gasteiger partial charge in [0, 0.05) is 44.8 Å². The maximum absolute atomic E-state index is 12.9. The molecule has 0 saturated carbocycles. The maximum atomic E-state index is 12.9. The van der Waals surface area contributed by atoms with Gasteiger partial charge in [-0.25, -0.2) is 9.82 Å².